The number of hydrogen-bond donors (Lipinski definition) is 0. The van der Waals surface area contributed by atoms with Crippen molar-refractivity contribution in [1.82, 2.24) is 4.90 Å². The summed E-state index contributed by atoms with van der Waals surface area (Å²) in [6.45, 7) is 1.34. The Bertz CT molecular complexity index is 112. The number of likely N-dealkylation sites (tertiary alicyclic amines) is 1. The monoisotopic (exact) mass is 151 g/mol. The van der Waals surface area contributed by atoms with E-state index in [0.29, 0.717) is 13.1 Å². The summed E-state index contributed by atoms with van der Waals surface area (Å²) >= 11 is 0. The van der Waals surface area contributed by atoms with Crippen molar-refractivity contribution in [2.24, 2.45) is 0 Å². The van der Waals surface area contributed by atoms with Crippen molar-refractivity contribution < 1.29 is 39.5 Å². The molecule has 1 saturated heterocycles. The van der Waals surface area contributed by atoms with Crippen molar-refractivity contribution in [3.63, 3.8) is 0 Å². The average molecular weight is 151 g/mol. The van der Waals surface area contributed by atoms with E-state index in [1.54, 1.807) is 0 Å². The molecule has 52 valence electrons. The van der Waals surface area contributed by atoms with Crippen LogP contribution in [0.5, 0.6) is 0 Å². The van der Waals surface area contributed by atoms with Crippen LogP contribution in [0.2, 0.25) is 0 Å². The van der Waals surface area contributed by atoms with Gasteiger partial charge in [-0.15, -0.1) is 0 Å². The number of carbonyl (C=O) groups excluding carboxylic acids is 1. The van der Waals surface area contributed by atoms with Crippen LogP contribution in [0.15, 0.2) is 0 Å². The number of amides is 1. The third-order valence-electron chi connectivity index (χ3n) is 1.61. The molecule has 1 rings (SSSR count). The minimum Gasteiger partial charge on any atom is -0.530 e. The van der Waals surface area contributed by atoms with Gasteiger partial charge >= 0.3 is 29.6 Å². The summed E-state index contributed by atoms with van der Waals surface area (Å²) in [5, 5.41) is 10.2. The second-order valence-corrected chi connectivity index (χ2v) is 2.31. The van der Waals surface area contributed by atoms with E-state index in [2.05, 4.69) is 0 Å². The summed E-state index contributed by atoms with van der Waals surface area (Å²) in [6, 6.07) is 0. The molecule has 0 aromatic heterocycles. The maximum atomic E-state index is 10.2. The summed E-state index contributed by atoms with van der Waals surface area (Å²) < 4.78 is 0. The van der Waals surface area contributed by atoms with Gasteiger partial charge in [-0.05, 0) is 19.3 Å². The Kier molecular flexibility index (Phi) is 5.13. The van der Waals surface area contributed by atoms with Crippen LogP contribution in [0.1, 0.15) is 19.3 Å². The van der Waals surface area contributed by atoms with Crippen LogP contribution in [0.25, 0.3) is 0 Å². The molecule has 1 aliphatic rings. The Labute approximate surface area is 82.7 Å². The molecular weight excluding hydrogens is 141 g/mol. The number of piperidine rings is 1. The molecule has 0 aromatic carbocycles. The number of rotatable bonds is 0. The van der Waals surface area contributed by atoms with Gasteiger partial charge in [-0.3, -0.25) is 0 Å². The number of carboxylic acid groups (broad SMARTS) is 1. The third-order valence-corrected chi connectivity index (χ3v) is 1.61. The molecule has 0 spiro atoms. The molecule has 0 aromatic rings. The molecule has 3 nitrogen and oxygen atoms in total. The van der Waals surface area contributed by atoms with Gasteiger partial charge in [0.2, 0.25) is 0 Å². The van der Waals surface area contributed by atoms with Crippen molar-refractivity contribution in [2.75, 3.05) is 13.1 Å². The van der Waals surface area contributed by atoms with Gasteiger partial charge in [0.05, 0.1) is 0 Å². The zero-order valence-corrected chi connectivity index (χ0v) is 8.30. The van der Waals surface area contributed by atoms with Crippen molar-refractivity contribution in [3.8, 4) is 0 Å². The first-order valence-electron chi connectivity index (χ1n) is 3.26. The number of carbonyl (C=O) groups is 1. The largest absolute Gasteiger partial charge is 1.00 e. The quantitative estimate of drug-likeness (QED) is 0.343. The molecule has 0 unspecified atom stereocenters. The summed E-state index contributed by atoms with van der Waals surface area (Å²) in [5.41, 5.74) is 0. The molecule has 1 amide bonds. The zero-order valence-electron chi connectivity index (χ0n) is 6.30. The number of hydrogen-bond acceptors (Lipinski definition) is 2. The van der Waals surface area contributed by atoms with E-state index in [1.807, 2.05) is 0 Å². The van der Waals surface area contributed by atoms with Gasteiger partial charge in [0.1, 0.15) is 6.09 Å². The Morgan fingerprint density at radius 3 is 2.00 bits per heavy atom. The minimum absolute atomic E-state index is 0. The van der Waals surface area contributed by atoms with Crippen LogP contribution in [-0.2, 0) is 0 Å². The molecule has 10 heavy (non-hydrogen) atoms. The van der Waals surface area contributed by atoms with Crippen LogP contribution in [-0.4, -0.2) is 24.1 Å². The Morgan fingerprint density at radius 2 is 1.70 bits per heavy atom. The molecule has 1 aliphatic heterocycles. The third kappa shape index (κ3) is 2.90. The molecule has 0 bridgehead atoms. The van der Waals surface area contributed by atoms with E-state index >= 15 is 0 Å². The van der Waals surface area contributed by atoms with E-state index < -0.39 is 6.09 Å². The van der Waals surface area contributed by atoms with Gasteiger partial charge in [0, 0.05) is 13.1 Å². The summed E-state index contributed by atoms with van der Waals surface area (Å²) in [5.74, 6) is 0. The molecule has 1 heterocycles. The van der Waals surface area contributed by atoms with E-state index in [-0.39, 0.29) is 29.6 Å². The van der Waals surface area contributed by atoms with Gasteiger partial charge < -0.3 is 14.8 Å². The second-order valence-electron chi connectivity index (χ2n) is 2.31. The fourth-order valence-corrected chi connectivity index (χ4v) is 1.08. The number of nitrogens with zero attached hydrogens (tertiary/aromatic N) is 1. The Morgan fingerprint density at radius 1 is 1.20 bits per heavy atom. The van der Waals surface area contributed by atoms with Crippen molar-refractivity contribution in [1.29, 1.82) is 0 Å². The van der Waals surface area contributed by atoms with Crippen LogP contribution in [0, 0.1) is 0 Å². The van der Waals surface area contributed by atoms with Gasteiger partial charge in [-0.2, -0.15) is 0 Å². The topological polar surface area (TPSA) is 43.4 Å². The summed E-state index contributed by atoms with van der Waals surface area (Å²) in [4.78, 5) is 11.5. The van der Waals surface area contributed by atoms with Crippen LogP contribution in [0.4, 0.5) is 4.79 Å². The zero-order chi connectivity index (χ0) is 6.69. The molecule has 0 saturated carbocycles. The van der Waals surface area contributed by atoms with Crippen LogP contribution >= 0.6 is 0 Å². The summed E-state index contributed by atoms with van der Waals surface area (Å²) in [7, 11) is 0. The average Bonchev–Trinajstić information content (AvgIpc) is 1.90. The molecule has 0 atom stereocenters. The molecule has 0 radical (unpaired) electrons. The Hall–Kier alpha value is 0.270. The predicted molar refractivity (Wildman–Crippen MR) is 30.8 cm³/mol. The standard InChI is InChI=1S/C6H11NO2.Na/c8-6(9)7-4-2-1-3-5-7;/h1-5H2,(H,8,9);/q;+1/p-1. The normalized spacial score (nSPS) is 17.8. The minimum atomic E-state index is -1.02. The van der Waals surface area contributed by atoms with Gasteiger partial charge in [-0.25, -0.2) is 0 Å². The maximum Gasteiger partial charge on any atom is 1.00 e. The van der Waals surface area contributed by atoms with E-state index in [4.69, 9.17) is 0 Å². The Balaban J connectivity index is 0.000000810. The van der Waals surface area contributed by atoms with E-state index in [1.165, 1.54) is 4.90 Å². The SMILES string of the molecule is O=C([O-])N1CCCCC1.[Na+]. The molecule has 4 heteroatoms. The molecule has 0 N–H and O–H groups in total. The predicted octanol–water partition coefficient (Wildman–Crippen LogP) is -3.18. The first-order chi connectivity index (χ1) is 4.30. The van der Waals surface area contributed by atoms with Crippen molar-refractivity contribution in [2.45, 2.75) is 19.3 Å². The molecule has 1 fully saturated rings. The second kappa shape index (κ2) is 4.99. The molecule has 0 aliphatic carbocycles. The van der Waals surface area contributed by atoms with Crippen LogP contribution < -0.4 is 34.7 Å². The van der Waals surface area contributed by atoms with Gasteiger partial charge in [-0.1, -0.05) is 0 Å². The van der Waals surface area contributed by atoms with E-state index in [0.717, 1.165) is 19.3 Å². The van der Waals surface area contributed by atoms with Crippen molar-refractivity contribution in [3.05, 3.63) is 0 Å². The van der Waals surface area contributed by atoms with Crippen molar-refractivity contribution >= 4 is 6.09 Å². The van der Waals surface area contributed by atoms with E-state index in [9.17, 15) is 9.90 Å². The summed E-state index contributed by atoms with van der Waals surface area (Å²) in [6.07, 6.45) is 2.13. The first kappa shape index (κ1) is 10.3. The molecular formula is C6H10NNaO2. The van der Waals surface area contributed by atoms with Gasteiger partial charge in [0.15, 0.2) is 0 Å². The fraction of sp³-hybridized carbons (Fsp3) is 0.833. The van der Waals surface area contributed by atoms with Gasteiger partial charge in [0.25, 0.3) is 0 Å². The fourth-order valence-electron chi connectivity index (χ4n) is 1.08. The van der Waals surface area contributed by atoms with Crippen LogP contribution in [0.3, 0.4) is 0 Å². The maximum absolute atomic E-state index is 10.2. The first-order valence-corrected chi connectivity index (χ1v) is 3.26. The smallest absolute Gasteiger partial charge is 0.530 e.